The molecule has 0 aromatic carbocycles. The van der Waals surface area contributed by atoms with Crippen molar-refractivity contribution in [1.29, 1.82) is 0 Å². The Morgan fingerprint density at radius 3 is 2.38 bits per heavy atom. The van der Waals surface area contributed by atoms with Gasteiger partial charge >= 0.3 is 0 Å². The van der Waals surface area contributed by atoms with E-state index in [0.29, 0.717) is 25.3 Å². The van der Waals surface area contributed by atoms with Crippen molar-refractivity contribution in [2.75, 3.05) is 18.8 Å². The molecule has 0 bridgehead atoms. The van der Waals surface area contributed by atoms with E-state index in [1.807, 2.05) is 0 Å². The number of hydrogen-bond donors (Lipinski definition) is 3. The van der Waals surface area contributed by atoms with Gasteiger partial charge in [0.1, 0.15) is 0 Å². The molecular formula is C14H27N3O3S. The highest BCUT2D eigenvalue weighted by molar-refractivity contribution is 7.89. The molecule has 0 unspecified atom stereocenters. The summed E-state index contributed by atoms with van der Waals surface area (Å²) in [4.78, 5) is 12.1. The van der Waals surface area contributed by atoms with Gasteiger partial charge in [0.05, 0.1) is 11.3 Å². The van der Waals surface area contributed by atoms with Crippen molar-refractivity contribution in [2.45, 2.75) is 56.9 Å². The topological polar surface area (TPSA) is 101 Å². The monoisotopic (exact) mass is 317 g/mol. The minimum atomic E-state index is -3.30. The lowest BCUT2D eigenvalue weighted by atomic mass is 9.82. The fourth-order valence-corrected chi connectivity index (χ4v) is 3.90. The number of carbonyl (C=O) groups excluding carboxylic acids is 1. The summed E-state index contributed by atoms with van der Waals surface area (Å²) in [6.45, 7) is 0.648. The second-order valence-electron chi connectivity index (χ2n) is 6.44. The van der Waals surface area contributed by atoms with Crippen molar-refractivity contribution in [3.05, 3.63) is 0 Å². The summed E-state index contributed by atoms with van der Waals surface area (Å²) in [5, 5.41) is 2.68. The largest absolute Gasteiger partial charge is 0.353 e. The van der Waals surface area contributed by atoms with Crippen LogP contribution in [0.3, 0.4) is 0 Å². The minimum absolute atomic E-state index is 0.0818. The first-order chi connectivity index (χ1) is 9.91. The molecule has 0 heterocycles. The first-order valence-corrected chi connectivity index (χ1v) is 9.61. The molecule has 0 radical (unpaired) electrons. The third kappa shape index (κ3) is 4.93. The maximum atomic E-state index is 12.1. The first-order valence-electron chi connectivity index (χ1n) is 7.96. The van der Waals surface area contributed by atoms with Gasteiger partial charge in [-0.25, -0.2) is 13.1 Å². The van der Waals surface area contributed by atoms with Crippen LogP contribution in [0.15, 0.2) is 0 Å². The third-order valence-electron chi connectivity index (χ3n) is 4.67. The molecule has 2 rings (SSSR count). The predicted molar refractivity (Wildman–Crippen MR) is 82.1 cm³/mol. The summed E-state index contributed by atoms with van der Waals surface area (Å²) in [7, 11) is -3.30. The molecule has 122 valence electrons. The van der Waals surface area contributed by atoms with E-state index in [-0.39, 0.29) is 18.2 Å². The number of hydrogen-bond acceptors (Lipinski definition) is 4. The lowest BCUT2D eigenvalue weighted by molar-refractivity contribution is -0.127. The van der Waals surface area contributed by atoms with Crippen LogP contribution in [0.1, 0.15) is 51.4 Å². The van der Waals surface area contributed by atoms with Crippen molar-refractivity contribution < 1.29 is 13.2 Å². The summed E-state index contributed by atoms with van der Waals surface area (Å²) in [5.74, 6) is 0.196. The van der Waals surface area contributed by atoms with E-state index >= 15 is 0 Å². The normalized spacial score (nSPS) is 22.5. The maximum Gasteiger partial charge on any atom is 0.240 e. The molecule has 0 aliphatic heterocycles. The predicted octanol–water partition coefficient (Wildman–Crippen LogP) is 0.484. The van der Waals surface area contributed by atoms with Crippen LogP contribution in [0.25, 0.3) is 0 Å². The van der Waals surface area contributed by atoms with Crippen molar-refractivity contribution in [2.24, 2.45) is 11.7 Å². The van der Waals surface area contributed by atoms with Gasteiger partial charge in [0.2, 0.25) is 15.9 Å². The van der Waals surface area contributed by atoms with Crippen molar-refractivity contribution in [1.82, 2.24) is 10.0 Å². The van der Waals surface area contributed by atoms with E-state index in [1.165, 1.54) is 6.42 Å². The zero-order valence-electron chi connectivity index (χ0n) is 12.6. The summed E-state index contributed by atoms with van der Waals surface area (Å²) in [6.07, 6.45) is 7.82. The van der Waals surface area contributed by atoms with E-state index in [2.05, 4.69) is 10.0 Å². The van der Waals surface area contributed by atoms with Crippen LogP contribution >= 0.6 is 0 Å². The van der Waals surface area contributed by atoms with E-state index in [4.69, 9.17) is 5.73 Å². The van der Waals surface area contributed by atoms with Gasteiger partial charge in [-0.1, -0.05) is 25.7 Å². The highest BCUT2D eigenvalue weighted by atomic mass is 32.2. The molecule has 0 spiro atoms. The van der Waals surface area contributed by atoms with Crippen LogP contribution in [0.2, 0.25) is 0 Å². The lowest BCUT2D eigenvalue weighted by Crippen LogP contribution is -2.55. The van der Waals surface area contributed by atoms with Crippen molar-refractivity contribution >= 4 is 15.9 Å². The van der Waals surface area contributed by atoms with Gasteiger partial charge in [-0.2, -0.15) is 0 Å². The fraction of sp³-hybridized carbons (Fsp3) is 0.929. The summed E-state index contributed by atoms with van der Waals surface area (Å²) in [6, 6.07) is 0. The van der Waals surface area contributed by atoms with Gasteiger partial charge in [0, 0.05) is 13.1 Å². The van der Waals surface area contributed by atoms with Crippen LogP contribution in [0.4, 0.5) is 0 Å². The van der Waals surface area contributed by atoms with E-state index in [1.54, 1.807) is 0 Å². The molecule has 2 aliphatic carbocycles. The quantitative estimate of drug-likeness (QED) is 0.636. The Morgan fingerprint density at radius 1 is 1.14 bits per heavy atom. The fourth-order valence-electron chi connectivity index (χ4n) is 2.90. The number of nitrogens with two attached hydrogens (primary N) is 1. The average Bonchev–Trinajstić information content (AvgIpc) is 2.37. The summed E-state index contributed by atoms with van der Waals surface area (Å²) >= 11 is 0. The zero-order valence-corrected chi connectivity index (χ0v) is 13.4. The second-order valence-corrected chi connectivity index (χ2v) is 8.36. The molecule has 2 saturated carbocycles. The van der Waals surface area contributed by atoms with Gasteiger partial charge in [-0.3, -0.25) is 4.79 Å². The smallest absolute Gasteiger partial charge is 0.240 e. The van der Waals surface area contributed by atoms with Gasteiger partial charge in [-0.15, -0.1) is 0 Å². The minimum Gasteiger partial charge on any atom is -0.353 e. The SMILES string of the molecule is NC1(C(=O)NCCS(=O)(=O)NCC2CCC2)CCCCC1. The lowest BCUT2D eigenvalue weighted by Gasteiger charge is -2.31. The third-order valence-corrected chi connectivity index (χ3v) is 6.02. The molecule has 4 N–H and O–H groups in total. The Balaban J connectivity index is 1.68. The molecular weight excluding hydrogens is 290 g/mol. The molecule has 2 aliphatic rings. The Hall–Kier alpha value is -0.660. The van der Waals surface area contributed by atoms with Gasteiger partial charge < -0.3 is 11.1 Å². The second kappa shape index (κ2) is 7.07. The van der Waals surface area contributed by atoms with Crippen molar-refractivity contribution in [3.63, 3.8) is 0 Å². The molecule has 0 aromatic heterocycles. The van der Waals surface area contributed by atoms with Crippen LogP contribution < -0.4 is 15.8 Å². The molecule has 0 atom stereocenters. The van der Waals surface area contributed by atoms with Gasteiger partial charge in [-0.05, 0) is 31.6 Å². The Kier molecular flexibility index (Phi) is 5.62. The van der Waals surface area contributed by atoms with Crippen LogP contribution in [0, 0.1) is 5.92 Å². The van der Waals surface area contributed by atoms with Gasteiger partial charge in [0.15, 0.2) is 0 Å². The van der Waals surface area contributed by atoms with E-state index < -0.39 is 15.6 Å². The molecule has 0 aromatic rings. The molecule has 6 nitrogen and oxygen atoms in total. The number of nitrogens with one attached hydrogen (secondary N) is 2. The number of amides is 1. The number of carbonyl (C=O) groups is 1. The number of sulfonamides is 1. The molecule has 0 saturated heterocycles. The highest BCUT2D eigenvalue weighted by Crippen LogP contribution is 2.26. The maximum absolute atomic E-state index is 12.1. The summed E-state index contributed by atoms with van der Waals surface area (Å²) in [5.41, 5.74) is 5.30. The Bertz CT molecular complexity index is 454. The summed E-state index contributed by atoms with van der Waals surface area (Å²) < 4.78 is 26.3. The molecule has 7 heteroatoms. The van der Waals surface area contributed by atoms with Crippen LogP contribution in [0.5, 0.6) is 0 Å². The first kappa shape index (κ1) is 16.7. The van der Waals surface area contributed by atoms with E-state index in [9.17, 15) is 13.2 Å². The van der Waals surface area contributed by atoms with Crippen molar-refractivity contribution in [3.8, 4) is 0 Å². The molecule has 21 heavy (non-hydrogen) atoms. The molecule has 2 fully saturated rings. The standard InChI is InChI=1S/C14H27N3O3S/c15-14(7-2-1-3-8-14)13(18)16-9-10-21(19,20)17-11-12-5-4-6-12/h12,17H,1-11,15H2,(H,16,18). The molecule has 1 amide bonds. The van der Waals surface area contributed by atoms with Crippen LogP contribution in [-0.4, -0.2) is 38.7 Å². The van der Waals surface area contributed by atoms with E-state index in [0.717, 1.165) is 32.1 Å². The van der Waals surface area contributed by atoms with Crippen LogP contribution in [-0.2, 0) is 14.8 Å². The zero-order chi connectivity index (χ0) is 15.3. The average molecular weight is 317 g/mol. The van der Waals surface area contributed by atoms with Gasteiger partial charge in [0.25, 0.3) is 0 Å². The Labute approximate surface area is 127 Å². The highest BCUT2D eigenvalue weighted by Gasteiger charge is 2.35. The Morgan fingerprint density at radius 2 is 1.81 bits per heavy atom. The number of rotatable bonds is 7.